The van der Waals surface area contributed by atoms with Gasteiger partial charge in [0, 0.05) is 25.4 Å². The van der Waals surface area contributed by atoms with E-state index in [1.54, 1.807) is 36.9 Å². The second kappa shape index (κ2) is 9.13. The number of pyridine rings is 1. The van der Waals surface area contributed by atoms with Gasteiger partial charge < -0.3 is 15.2 Å². The highest BCUT2D eigenvalue weighted by atomic mass is 32.2. The third-order valence-corrected chi connectivity index (χ3v) is 7.70. The molecule has 1 aliphatic heterocycles. The van der Waals surface area contributed by atoms with Crippen molar-refractivity contribution in [3.05, 3.63) is 30.2 Å². The summed E-state index contributed by atoms with van der Waals surface area (Å²) in [5.74, 6) is -2.31. The molecule has 198 valence electrons. The van der Waals surface area contributed by atoms with Crippen molar-refractivity contribution >= 4 is 38.5 Å². The highest BCUT2D eigenvalue weighted by Gasteiger charge is 2.47. The Morgan fingerprint density at radius 2 is 1.97 bits per heavy atom. The van der Waals surface area contributed by atoms with Gasteiger partial charge in [-0.05, 0) is 31.5 Å². The number of rotatable bonds is 7. The molecule has 5 rings (SSSR count). The van der Waals surface area contributed by atoms with Gasteiger partial charge >= 0.3 is 0 Å². The third-order valence-electron chi connectivity index (χ3n) is 6.45. The summed E-state index contributed by atoms with van der Waals surface area (Å²) in [6.07, 6.45) is 2.47. The number of alkyl halides is 3. The van der Waals surface area contributed by atoms with E-state index in [-0.39, 0.29) is 25.5 Å². The normalized spacial score (nSPS) is 18.5. The van der Waals surface area contributed by atoms with Crippen LogP contribution in [0.5, 0.6) is 0 Å². The van der Waals surface area contributed by atoms with Gasteiger partial charge in [0.1, 0.15) is 23.5 Å². The molecule has 0 radical (unpaired) electrons. The van der Waals surface area contributed by atoms with Crippen LogP contribution in [0.1, 0.15) is 12.2 Å². The number of anilines is 2. The van der Waals surface area contributed by atoms with E-state index in [1.165, 1.54) is 4.52 Å². The second-order valence-electron chi connectivity index (χ2n) is 8.94. The van der Waals surface area contributed by atoms with Crippen molar-refractivity contribution in [2.24, 2.45) is 0 Å². The number of hydrogen-bond donors (Lipinski definition) is 2. The van der Waals surface area contributed by atoms with Crippen molar-refractivity contribution in [3.63, 3.8) is 0 Å². The molecule has 4 aromatic heterocycles. The lowest BCUT2D eigenvalue weighted by Gasteiger charge is -2.37. The minimum Gasteiger partial charge on any atom is -0.371 e. The number of sulfonamides is 1. The minimum atomic E-state index is -3.72. The summed E-state index contributed by atoms with van der Waals surface area (Å²) < 4.78 is 70.1. The lowest BCUT2D eigenvalue weighted by molar-refractivity contribution is -0.0541. The highest BCUT2D eigenvalue weighted by molar-refractivity contribution is 7.88. The molecule has 0 saturated carbocycles. The van der Waals surface area contributed by atoms with Crippen LogP contribution in [0.3, 0.4) is 0 Å². The Labute approximate surface area is 210 Å². The fraction of sp³-hybridized carbons (Fsp3) is 0.455. The number of aromatic nitrogens is 6. The molecule has 2 N–H and O–H groups in total. The molecule has 11 nitrogen and oxygen atoms in total. The zero-order valence-corrected chi connectivity index (χ0v) is 21.2. The van der Waals surface area contributed by atoms with E-state index in [9.17, 15) is 21.6 Å². The fourth-order valence-electron chi connectivity index (χ4n) is 4.61. The van der Waals surface area contributed by atoms with E-state index in [0.29, 0.717) is 39.6 Å². The largest absolute Gasteiger partial charge is 0.371 e. The lowest BCUT2D eigenvalue weighted by atomic mass is 10.0. The van der Waals surface area contributed by atoms with Crippen LogP contribution in [0.4, 0.5) is 24.9 Å². The Balaban J connectivity index is 1.49. The standard InChI is InChI=1S/C22H26F3N9O2S/c1-13-27-16-5-4-15(28-20(16)33(13)11-8-23)14-6-10-34-18(14)19(26-2)30-21(31-34)29-17-7-9-32(37(3,35)36)12-22(17,24)25/h4-6,10,17H,7-9,11-12H2,1-3H3,(H2,26,29,30,31)/t17-/m1/s1. The van der Waals surface area contributed by atoms with E-state index < -0.39 is 35.2 Å². The van der Waals surface area contributed by atoms with Crippen molar-refractivity contribution in [3.8, 4) is 11.3 Å². The number of imidazole rings is 1. The Bertz CT molecular complexity index is 1590. The zero-order valence-electron chi connectivity index (χ0n) is 20.4. The number of nitrogens with zero attached hydrogens (tertiary/aromatic N) is 7. The molecular weight excluding hydrogens is 511 g/mol. The number of piperidine rings is 1. The monoisotopic (exact) mass is 537 g/mol. The van der Waals surface area contributed by atoms with Gasteiger partial charge in [0.05, 0.1) is 31.1 Å². The van der Waals surface area contributed by atoms with Crippen molar-refractivity contribution in [1.29, 1.82) is 0 Å². The molecule has 5 heterocycles. The topological polar surface area (TPSA) is 122 Å². The second-order valence-corrected chi connectivity index (χ2v) is 10.9. The summed E-state index contributed by atoms with van der Waals surface area (Å²) in [6, 6.07) is 4.05. The smallest absolute Gasteiger partial charge is 0.281 e. The molecule has 0 aromatic carbocycles. The van der Waals surface area contributed by atoms with Gasteiger partial charge in [-0.2, -0.15) is 9.29 Å². The summed E-state index contributed by atoms with van der Waals surface area (Å²) in [4.78, 5) is 13.6. The first-order valence-electron chi connectivity index (χ1n) is 11.6. The molecule has 37 heavy (non-hydrogen) atoms. The van der Waals surface area contributed by atoms with Crippen LogP contribution >= 0.6 is 0 Å². The molecule has 0 spiro atoms. The predicted molar refractivity (Wildman–Crippen MR) is 133 cm³/mol. The van der Waals surface area contributed by atoms with E-state index in [1.807, 2.05) is 6.07 Å². The molecule has 1 fully saturated rings. The van der Waals surface area contributed by atoms with Crippen molar-refractivity contribution in [2.45, 2.75) is 31.9 Å². The minimum absolute atomic E-state index is 0.0310. The van der Waals surface area contributed by atoms with Crippen LogP contribution in [0.25, 0.3) is 27.9 Å². The van der Waals surface area contributed by atoms with Crippen LogP contribution in [0.2, 0.25) is 0 Å². The first-order chi connectivity index (χ1) is 17.5. The number of aryl methyl sites for hydroxylation is 2. The zero-order chi connectivity index (χ0) is 26.5. The molecule has 0 amide bonds. The number of nitrogens with one attached hydrogen (secondary N) is 2. The summed E-state index contributed by atoms with van der Waals surface area (Å²) in [5, 5.41) is 10.0. The Kier molecular flexibility index (Phi) is 6.22. The molecule has 4 aromatic rings. The molecule has 15 heteroatoms. The first kappa shape index (κ1) is 25.2. The van der Waals surface area contributed by atoms with Gasteiger partial charge in [0.2, 0.25) is 16.0 Å². The van der Waals surface area contributed by atoms with Crippen molar-refractivity contribution in [1.82, 2.24) is 33.4 Å². The van der Waals surface area contributed by atoms with Crippen molar-refractivity contribution < 1.29 is 21.6 Å². The first-order valence-corrected chi connectivity index (χ1v) is 13.4. The average Bonchev–Trinajstić information content (AvgIpc) is 3.39. The maximum absolute atomic E-state index is 14.8. The van der Waals surface area contributed by atoms with Gasteiger partial charge in [0.25, 0.3) is 5.92 Å². The maximum Gasteiger partial charge on any atom is 0.281 e. The van der Waals surface area contributed by atoms with Gasteiger partial charge in [0.15, 0.2) is 11.5 Å². The van der Waals surface area contributed by atoms with Crippen LogP contribution < -0.4 is 10.6 Å². The van der Waals surface area contributed by atoms with Crippen molar-refractivity contribution in [2.75, 3.05) is 43.7 Å². The van der Waals surface area contributed by atoms with Gasteiger partial charge in [-0.25, -0.2) is 36.1 Å². The van der Waals surface area contributed by atoms with E-state index in [0.717, 1.165) is 10.6 Å². The summed E-state index contributed by atoms with van der Waals surface area (Å²) in [7, 11) is -2.07. The van der Waals surface area contributed by atoms with Crippen LogP contribution in [-0.2, 0) is 16.6 Å². The van der Waals surface area contributed by atoms with Gasteiger partial charge in [-0.15, -0.1) is 5.10 Å². The Morgan fingerprint density at radius 1 is 1.19 bits per heavy atom. The molecule has 0 aliphatic carbocycles. The Morgan fingerprint density at radius 3 is 2.65 bits per heavy atom. The molecular formula is C22H26F3N9O2S. The number of halogens is 3. The molecule has 1 aliphatic rings. The van der Waals surface area contributed by atoms with Gasteiger partial charge in [-0.3, -0.25) is 0 Å². The molecule has 1 atom stereocenters. The average molecular weight is 538 g/mol. The number of fused-ring (bicyclic) bond motifs is 2. The number of hydrogen-bond acceptors (Lipinski definition) is 8. The summed E-state index contributed by atoms with van der Waals surface area (Å²) >= 11 is 0. The predicted octanol–water partition coefficient (Wildman–Crippen LogP) is 2.54. The maximum atomic E-state index is 14.8. The third kappa shape index (κ3) is 4.56. The fourth-order valence-corrected chi connectivity index (χ4v) is 5.45. The summed E-state index contributed by atoms with van der Waals surface area (Å²) in [5.41, 5.74) is 3.06. The van der Waals surface area contributed by atoms with E-state index in [4.69, 9.17) is 4.98 Å². The molecule has 0 unspecified atom stereocenters. The lowest BCUT2D eigenvalue weighted by Crippen LogP contribution is -2.55. The van der Waals surface area contributed by atoms with Crippen LogP contribution in [0.15, 0.2) is 24.4 Å². The molecule has 0 bridgehead atoms. The van der Waals surface area contributed by atoms with Gasteiger partial charge in [-0.1, -0.05) is 0 Å². The molecule has 1 saturated heterocycles. The summed E-state index contributed by atoms with van der Waals surface area (Å²) in [6.45, 7) is 0.440. The van der Waals surface area contributed by atoms with E-state index >= 15 is 0 Å². The van der Waals surface area contributed by atoms with Crippen LogP contribution in [0, 0.1) is 6.92 Å². The Hall–Kier alpha value is -3.46. The van der Waals surface area contributed by atoms with E-state index in [2.05, 4.69) is 25.7 Å². The highest BCUT2D eigenvalue weighted by Crippen LogP contribution is 2.33. The van der Waals surface area contributed by atoms with Crippen LogP contribution in [-0.4, -0.2) is 86.9 Å². The quantitative estimate of drug-likeness (QED) is 0.369. The SMILES string of the molecule is CNc1nc(N[C@@H]2CCN(S(C)(=O)=O)CC2(F)F)nn2ccc(-c3ccc4nc(C)n(CCF)c4n3)c12.